The molecule has 9 heteroatoms. The van der Waals surface area contributed by atoms with Crippen LogP contribution in [0.3, 0.4) is 0 Å². The molecule has 1 fully saturated rings. The summed E-state index contributed by atoms with van der Waals surface area (Å²) in [7, 11) is 0. The molecule has 39 heavy (non-hydrogen) atoms. The van der Waals surface area contributed by atoms with Crippen molar-refractivity contribution in [2.24, 2.45) is 5.92 Å². The van der Waals surface area contributed by atoms with Gasteiger partial charge in [-0.05, 0) is 68.3 Å². The van der Waals surface area contributed by atoms with Gasteiger partial charge in [0.2, 0.25) is 5.91 Å². The van der Waals surface area contributed by atoms with E-state index in [4.69, 9.17) is 9.47 Å². The predicted octanol–water partition coefficient (Wildman–Crippen LogP) is 4.54. The minimum Gasteiger partial charge on any atom is -0.486 e. The van der Waals surface area contributed by atoms with Gasteiger partial charge in [0.15, 0.2) is 11.5 Å². The summed E-state index contributed by atoms with van der Waals surface area (Å²) in [5.41, 5.74) is -1.08. The molecule has 2 N–H and O–H groups in total. The Bertz CT molecular complexity index is 1230. The second-order valence-electron chi connectivity index (χ2n) is 10.4. The van der Waals surface area contributed by atoms with Crippen LogP contribution in [-0.2, 0) is 4.79 Å². The summed E-state index contributed by atoms with van der Waals surface area (Å²) >= 11 is 0. The predicted molar refractivity (Wildman–Crippen MR) is 144 cm³/mol. The smallest absolute Gasteiger partial charge is 0.293 e. The normalized spacial score (nSPS) is 23.6. The standard InChI is InChI=1S/C30H35F2N3O4/c1-2-7-27(36)34-29(12-11-22(19-30(29,31)32)24-8-3-4-13-33-24)23(20-35-14-5-6-15-35)28(37)21-9-10-25-26(18-21)39-17-16-38-25/h3-4,8-13,18-19,23,28,37H,2,5-7,14-17,20H2,1H3,(H,34,36)/t23?,28?,29-/m1/s1. The zero-order valence-electron chi connectivity index (χ0n) is 22.1. The SMILES string of the molecule is CCCC(=O)N[C@@]1(C(CN2CCCC2)C(O)c2ccc3c(c2)OCCO3)C=CC(c2ccccn2)=CC1(F)F. The highest BCUT2D eigenvalue weighted by Gasteiger charge is 2.60. The molecule has 0 bridgehead atoms. The second kappa shape index (κ2) is 11.4. The van der Waals surface area contributed by atoms with Crippen molar-refractivity contribution in [3.63, 3.8) is 0 Å². The Morgan fingerprint density at radius 3 is 2.62 bits per heavy atom. The number of likely N-dealkylation sites (tertiary alicyclic amines) is 1. The Morgan fingerprint density at radius 1 is 1.15 bits per heavy atom. The number of fused-ring (bicyclic) bond motifs is 1. The number of halogens is 2. The first-order valence-corrected chi connectivity index (χ1v) is 13.7. The average molecular weight is 540 g/mol. The van der Waals surface area contributed by atoms with Gasteiger partial charge in [0, 0.05) is 30.7 Å². The Labute approximate surface area is 227 Å². The van der Waals surface area contributed by atoms with Crippen molar-refractivity contribution in [2.75, 3.05) is 32.8 Å². The summed E-state index contributed by atoms with van der Waals surface area (Å²) in [6, 6.07) is 10.1. The first kappa shape index (κ1) is 27.3. The summed E-state index contributed by atoms with van der Waals surface area (Å²) in [6.45, 7) is 4.27. The largest absolute Gasteiger partial charge is 0.486 e. The third-order valence-electron chi connectivity index (χ3n) is 7.73. The molecule has 2 unspecified atom stereocenters. The highest BCUT2D eigenvalue weighted by atomic mass is 19.3. The molecule has 0 saturated carbocycles. The Hall–Kier alpha value is -3.30. The number of ether oxygens (including phenoxy) is 2. The molecular weight excluding hydrogens is 504 g/mol. The quantitative estimate of drug-likeness (QED) is 0.487. The highest BCUT2D eigenvalue weighted by molar-refractivity contribution is 5.80. The van der Waals surface area contributed by atoms with E-state index < -0.39 is 29.4 Å². The lowest BCUT2D eigenvalue weighted by Crippen LogP contribution is -2.66. The van der Waals surface area contributed by atoms with Gasteiger partial charge in [0.1, 0.15) is 18.8 Å². The zero-order chi connectivity index (χ0) is 27.5. The summed E-state index contributed by atoms with van der Waals surface area (Å²) in [5.74, 6) is -4.09. The fourth-order valence-corrected chi connectivity index (χ4v) is 5.71. The van der Waals surface area contributed by atoms with Gasteiger partial charge < -0.3 is 24.8 Å². The Morgan fingerprint density at radius 2 is 1.92 bits per heavy atom. The summed E-state index contributed by atoms with van der Waals surface area (Å²) in [5, 5.41) is 14.5. The molecule has 0 radical (unpaired) electrons. The van der Waals surface area contributed by atoms with Gasteiger partial charge in [-0.1, -0.05) is 31.2 Å². The van der Waals surface area contributed by atoms with Crippen LogP contribution in [0.1, 0.15) is 50.0 Å². The molecule has 208 valence electrons. The van der Waals surface area contributed by atoms with Crippen molar-refractivity contribution in [3.05, 3.63) is 72.1 Å². The molecule has 5 rings (SSSR count). The van der Waals surface area contributed by atoms with E-state index in [-0.39, 0.29) is 18.5 Å². The average Bonchev–Trinajstić information content (AvgIpc) is 3.46. The lowest BCUT2D eigenvalue weighted by molar-refractivity contribution is -0.133. The van der Waals surface area contributed by atoms with Gasteiger partial charge >= 0.3 is 0 Å². The number of hydrogen-bond donors (Lipinski definition) is 2. The number of hydrogen-bond acceptors (Lipinski definition) is 6. The minimum absolute atomic E-state index is 0.0963. The van der Waals surface area contributed by atoms with Gasteiger partial charge in [-0.15, -0.1) is 0 Å². The van der Waals surface area contributed by atoms with Crippen molar-refractivity contribution in [2.45, 2.75) is 50.2 Å². The van der Waals surface area contributed by atoms with Crippen molar-refractivity contribution in [1.29, 1.82) is 0 Å². The zero-order valence-corrected chi connectivity index (χ0v) is 22.1. The molecule has 2 aromatic rings. The third kappa shape index (κ3) is 5.56. The summed E-state index contributed by atoms with van der Waals surface area (Å²) in [4.78, 5) is 19.3. The third-order valence-corrected chi connectivity index (χ3v) is 7.73. The number of carbonyl (C=O) groups is 1. The Balaban J connectivity index is 1.59. The number of carbonyl (C=O) groups excluding carboxylic acids is 1. The number of amides is 1. The van der Waals surface area contributed by atoms with Crippen LogP contribution in [0.25, 0.3) is 5.57 Å². The van der Waals surface area contributed by atoms with E-state index in [1.54, 1.807) is 48.7 Å². The maximum Gasteiger partial charge on any atom is 0.293 e. The van der Waals surface area contributed by atoms with Crippen LogP contribution in [0, 0.1) is 5.92 Å². The first-order valence-electron chi connectivity index (χ1n) is 13.7. The van der Waals surface area contributed by atoms with Crippen LogP contribution < -0.4 is 14.8 Å². The lowest BCUT2D eigenvalue weighted by Gasteiger charge is -2.48. The number of rotatable bonds is 9. The van der Waals surface area contributed by atoms with Gasteiger partial charge in [0.25, 0.3) is 5.92 Å². The van der Waals surface area contributed by atoms with Crippen LogP contribution in [0.2, 0.25) is 0 Å². The van der Waals surface area contributed by atoms with Gasteiger partial charge in [-0.25, -0.2) is 0 Å². The molecular formula is C30H35F2N3O4. The monoisotopic (exact) mass is 539 g/mol. The molecule has 1 aromatic heterocycles. The fourth-order valence-electron chi connectivity index (χ4n) is 5.71. The Kier molecular flexibility index (Phi) is 8.00. The van der Waals surface area contributed by atoms with E-state index in [0.29, 0.717) is 42.4 Å². The van der Waals surface area contributed by atoms with E-state index in [0.717, 1.165) is 32.0 Å². The number of benzene rings is 1. The molecule has 1 aliphatic carbocycles. The van der Waals surface area contributed by atoms with Crippen molar-refractivity contribution >= 4 is 11.5 Å². The molecule has 3 heterocycles. The van der Waals surface area contributed by atoms with Gasteiger partial charge in [-0.2, -0.15) is 8.78 Å². The first-order chi connectivity index (χ1) is 18.8. The number of allylic oxidation sites excluding steroid dienone is 2. The summed E-state index contributed by atoms with van der Waals surface area (Å²) in [6.07, 6.45) is 6.56. The molecule has 3 aliphatic rings. The van der Waals surface area contributed by atoms with E-state index in [1.807, 2.05) is 6.92 Å². The maximum absolute atomic E-state index is 16.6. The summed E-state index contributed by atoms with van der Waals surface area (Å²) < 4.78 is 44.5. The van der Waals surface area contributed by atoms with E-state index in [2.05, 4.69) is 15.2 Å². The molecule has 1 aromatic carbocycles. The molecule has 1 saturated heterocycles. The highest BCUT2D eigenvalue weighted by Crippen LogP contribution is 2.48. The van der Waals surface area contributed by atoms with Gasteiger partial charge in [-0.3, -0.25) is 9.78 Å². The fraction of sp³-hybridized carbons (Fsp3) is 0.467. The molecule has 1 amide bonds. The van der Waals surface area contributed by atoms with Crippen LogP contribution in [0.15, 0.2) is 60.8 Å². The van der Waals surface area contributed by atoms with Gasteiger partial charge in [0.05, 0.1) is 11.8 Å². The van der Waals surface area contributed by atoms with Crippen molar-refractivity contribution < 1.29 is 28.2 Å². The molecule has 2 aliphatic heterocycles. The lowest BCUT2D eigenvalue weighted by atomic mass is 9.70. The molecule has 3 atom stereocenters. The van der Waals surface area contributed by atoms with E-state index in [1.165, 1.54) is 6.08 Å². The number of aromatic nitrogens is 1. The molecule has 7 nitrogen and oxygen atoms in total. The number of aliphatic hydroxyl groups excluding tert-OH is 1. The maximum atomic E-state index is 16.6. The number of nitrogens with one attached hydrogen (secondary N) is 1. The topological polar surface area (TPSA) is 83.9 Å². The number of alkyl halides is 2. The van der Waals surface area contributed by atoms with Crippen LogP contribution in [-0.4, -0.2) is 65.2 Å². The molecule has 0 spiro atoms. The van der Waals surface area contributed by atoms with Crippen LogP contribution in [0.4, 0.5) is 8.78 Å². The van der Waals surface area contributed by atoms with Crippen LogP contribution in [0.5, 0.6) is 11.5 Å². The number of nitrogens with zero attached hydrogens (tertiary/aromatic N) is 2. The number of pyridine rings is 1. The van der Waals surface area contributed by atoms with Crippen molar-refractivity contribution in [1.82, 2.24) is 15.2 Å². The van der Waals surface area contributed by atoms with E-state index in [9.17, 15) is 9.90 Å². The van der Waals surface area contributed by atoms with Crippen molar-refractivity contribution in [3.8, 4) is 11.5 Å². The van der Waals surface area contributed by atoms with E-state index >= 15 is 8.78 Å². The minimum atomic E-state index is -3.53. The second-order valence-corrected chi connectivity index (χ2v) is 10.4. The number of aliphatic hydroxyl groups is 1. The van der Waals surface area contributed by atoms with Crippen LogP contribution >= 0.6 is 0 Å².